The summed E-state index contributed by atoms with van der Waals surface area (Å²) in [4.78, 5) is 41.1. The lowest BCUT2D eigenvalue weighted by molar-refractivity contribution is -0.139. The van der Waals surface area contributed by atoms with Crippen LogP contribution in [0.5, 0.6) is 0 Å². The average molecular weight is 480 g/mol. The number of hydrogen-bond acceptors (Lipinski definition) is 4. The van der Waals surface area contributed by atoms with Gasteiger partial charge >= 0.3 is 6.09 Å². The van der Waals surface area contributed by atoms with Gasteiger partial charge in [-0.3, -0.25) is 9.59 Å². The zero-order valence-corrected chi connectivity index (χ0v) is 21.8. The molecule has 0 saturated heterocycles. The number of carbonyl (C=O) groups is 3. The Kier molecular flexibility index (Phi) is 7.88. The molecule has 1 saturated carbocycles. The molecule has 0 aromatic heterocycles. The molecule has 1 unspecified atom stereocenters. The molecule has 0 bridgehead atoms. The largest absolute Gasteiger partial charge is 0.444 e. The van der Waals surface area contributed by atoms with Gasteiger partial charge in [-0.05, 0) is 78.0 Å². The summed E-state index contributed by atoms with van der Waals surface area (Å²) in [5, 5.41) is 5.64. The number of para-hydroxylation sites is 1. The van der Waals surface area contributed by atoms with E-state index in [1.54, 1.807) is 25.7 Å². The first-order valence-electron chi connectivity index (χ1n) is 12.1. The van der Waals surface area contributed by atoms with Crippen LogP contribution in [-0.4, -0.2) is 41.0 Å². The molecule has 188 valence electrons. The smallest absolute Gasteiger partial charge is 0.408 e. The Balaban J connectivity index is 1.93. The minimum Gasteiger partial charge on any atom is -0.444 e. The number of ether oxygens (including phenoxy) is 1. The fraction of sp³-hybridized carbons (Fsp3) is 0.464. The molecule has 2 N–H and O–H groups in total. The van der Waals surface area contributed by atoms with Crippen molar-refractivity contribution in [3.63, 3.8) is 0 Å². The molecule has 7 nitrogen and oxygen atoms in total. The molecule has 3 amide bonds. The van der Waals surface area contributed by atoms with E-state index in [2.05, 4.69) is 10.6 Å². The first-order chi connectivity index (χ1) is 16.4. The minimum atomic E-state index is -0.826. The van der Waals surface area contributed by atoms with Crippen LogP contribution in [0.15, 0.2) is 36.4 Å². The molecule has 3 rings (SSSR count). The van der Waals surface area contributed by atoms with Crippen LogP contribution in [0, 0.1) is 27.7 Å². The predicted octanol–water partition coefficient (Wildman–Crippen LogP) is 5.12. The van der Waals surface area contributed by atoms with Crippen molar-refractivity contribution in [3.8, 4) is 0 Å². The van der Waals surface area contributed by atoms with Crippen LogP contribution in [0.1, 0.15) is 67.5 Å². The molecule has 35 heavy (non-hydrogen) atoms. The monoisotopic (exact) mass is 479 g/mol. The lowest BCUT2D eigenvalue weighted by Crippen LogP contribution is -2.47. The molecule has 2 aromatic rings. The third-order valence-corrected chi connectivity index (χ3v) is 5.83. The molecule has 0 spiro atoms. The van der Waals surface area contributed by atoms with Crippen molar-refractivity contribution in [2.45, 2.75) is 79.0 Å². The van der Waals surface area contributed by atoms with Gasteiger partial charge in [-0.1, -0.05) is 47.5 Å². The quantitative estimate of drug-likeness (QED) is 0.577. The highest BCUT2D eigenvalue weighted by molar-refractivity contribution is 5.99. The van der Waals surface area contributed by atoms with Crippen molar-refractivity contribution < 1.29 is 19.1 Å². The van der Waals surface area contributed by atoms with E-state index in [4.69, 9.17) is 4.74 Å². The van der Waals surface area contributed by atoms with Gasteiger partial charge in [-0.2, -0.15) is 0 Å². The Bertz CT molecular complexity index is 1080. The van der Waals surface area contributed by atoms with E-state index in [0.717, 1.165) is 46.3 Å². The van der Waals surface area contributed by atoms with E-state index in [0.29, 0.717) is 0 Å². The lowest BCUT2D eigenvalue weighted by Gasteiger charge is -2.32. The van der Waals surface area contributed by atoms with Gasteiger partial charge in [-0.25, -0.2) is 4.79 Å². The number of anilines is 1. The van der Waals surface area contributed by atoms with Crippen LogP contribution >= 0.6 is 0 Å². The molecule has 1 aliphatic rings. The Morgan fingerprint density at radius 3 is 2.09 bits per heavy atom. The lowest BCUT2D eigenvalue weighted by atomic mass is 9.98. The van der Waals surface area contributed by atoms with E-state index >= 15 is 0 Å². The Labute approximate surface area is 208 Å². The number of alkyl carbamates (subject to hydrolysis) is 1. The fourth-order valence-electron chi connectivity index (χ4n) is 4.27. The zero-order chi connectivity index (χ0) is 25.9. The van der Waals surface area contributed by atoms with E-state index in [-0.39, 0.29) is 24.4 Å². The molecule has 1 aliphatic carbocycles. The summed E-state index contributed by atoms with van der Waals surface area (Å²) in [5.41, 5.74) is 4.77. The van der Waals surface area contributed by atoms with Gasteiger partial charge in [0.2, 0.25) is 5.91 Å². The summed E-state index contributed by atoms with van der Waals surface area (Å²) in [6, 6.07) is 10.9. The first-order valence-corrected chi connectivity index (χ1v) is 12.1. The van der Waals surface area contributed by atoms with Crippen LogP contribution in [0.3, 0.4) is 0 Å². The number of hydrogen-bond donors (Lipinski definition) is 2. The highest BCUT2D eigenvalue weighted by Crippen LogP contribution is 2.36. The number of nitrogens with one attached hydrogen (secondary N) is 2. The third kappa shape index (κ3) is 7.07. The Morgan fingerprint density at radius 1 is 1.00 bits per heavy atom. The average Bonchev–Trinajstić information content (AvgIpc) is 3.55. The number of rotatable bonds is 7. The van der Waals surface area contributed by atoms with Crippen LogP contribution < -0.4 is 10.6 Å². The van der Waals surface area contributed by atoms with Crippen molar-refractivity contribution in [2.24, 2.45) is 0 Å². The Hall–Kier alpha value is -3.35. The van der Waals surface area contributed by atoms with Gasteiger partial charge in [0.05, 0.1) is 0 Å². The number of benzene rings is 2. The van der Waals surface area contributed by atoms with Crippen LogP contribution in [0.4, 0.5) is 10.5 Å². The molecular formula is C28H37N3O4. The highest BCUT2D eigenvalue weighted by Gasteiger charge is 2.41. The molecule has 1 fully saturated rings. The molecule has 0 aliphatic heterocycles. The second-order valence-corrected chi connectivity index (χ2v) is 10.5. The number of nitrogens with zero attached hydrogens (tertiary/aromatic N) is 1. The van der Waals surface area contributed by atoms with E-state index in [1.165, 1.54) is 0 Å². The van der Waals surface area contributed by atoms with E-state index in [1.807, 2.05) is 64.1 Å². The van der Waals surface area contributed by atoms with Gasteiger partial charge in [0, 0.05) is 11.7 Å². The predicted molar refractivity (Wildman–Crippen MR) is 137 cm³/mol. The fourth-order valence-corrected chi connectivity index (χ4v) is 4.27. The maximum Gasteiger partial charge on any atom is 0.408 e. The van der Waals surface area contributed by atoms with Crippen molar-refractivity contribution in [1.29, 1.82) is 0 Å². The maximum absolute atomic E-state index is 13.8. The summed E-state index contributed by atoms with van der Waals surface area (Å²) in [5.74, 6) is -0.593. The van der Waals surface area contributed by atoms with E-state index < -0.39 is 17.7 Å². The van der Waals surface area contributed by atoms with Gasteiger partial charge in [0.15, 0.2) is 0 Å². The van der Waals surface area contributed by atoms with Crippen molar-refractivity contribution in [1.82, 2.24) is 10.2 Å². The third-order valence-electron chi connectivity index (χ3n) is 5.83. The summed E-state index contributed by atoms with van der Waals surface area (Å²) in [7, 11) is 0. The summed E-state index contributed by atoms with van der Waals surface area (Å²) < 4.78 is 5.27. The molecule has 1 atom stereocenters. The first kappa shape index (κ1) is 26.3. The van der Waals surface area contributed by atoms with Crippen molar-refractivity contribution in [3.05, 3.63) is 64.2 Å². The second-order valence-electron chi connectivity index (χ2n) is 10.5. The molecule has 7 heteroatoms. The van der Waals surface area contributed by atoms with Gasteiger partial charge in [0.25, 0.3) is 5.91 Å². The van der Waals surface area contributed by atoms with Crippen LogP contribution in [-0.2, 0) is 14.3 Å². The molecule has 0 heterocycles. The van der Waals surface area contributed by atoms with Crippen LogP contribution in [0.25, 0.3) is 0 Å². The van der Waals surface area contributed by atoms with Gasteiger partial charge < -0.3 is 20.3 Å². The van der Waals surface area contributed by atoms with Crippen molar-refractivity contribution >= 4 is 23.6 Å². The standard InChI is InChI=1S/C28H37N3O4/c1-17-13-18(2)15-21(14-17)25(26(33)30-24-19(3)9-8-10-20(24)4)31(22-11-12-22)23(32)16-29-27(34)35-28(5,6)7/h8-10,13-15,22,25H,11-12,16H2,1-7H3,(H,29,34)(H,30,33). The SMILES string of the molecule is Cc1cc(C)cc(C(C(=O)Nc2c(C)cccc2C)N(C(=O)CNC(=O)OC(C)(C)C)C2CC2)c1. The highest BCUT2D eigenvalue weighted by atomic mass is 16.6. The number of amides is 3. The molecular weight excluding hydrogens is 442 g/mol. The zero-order valence-electron chi connectivity index (χ0n) is 21.8. The number of aryl methyl sites for hydroxylation is 4. The number of carbonyl (C=O) groups excluding carboxylic acids is 3. The summed E-state index contributed by atoms with van der Waals surface area (Å²) >= 11 is 0. The summed E-state index contributed by atoms with van der Waals surface area (Å²) in [6.45, 7) is 12.9. The normalized spacial score (nSPS) is 14.1. The maximum atomic E-state index is 13.8. The van der Waals surface area contributed by atoms with Crippen molar-refractivity contribution in [2.75, 3.05) is 11.9 Å². The van der Waals surface area contributed by atoms with Crippen LogP contribution in [0.2, 0.25) is 0 Å². The van der Waals surface area contributed by atoms with Gasteiger partial charge in [-0.15, -0.1) is 0 Å². The van der Waals surface area contributed by atoms with E-state index in [9.17, 15) is 14.4 Å². The second kappa shape index (κ2) is 10.5. The minimum absolute atomic E-state index is 0.0579. The Morgan fingerprint density at radius 2 is 1.57 bits per heavy atom. The molecule has 2 aromatic carbocycles. The van der Waals surface area contributed by atoms with Gasteiger partial charge in [0.1, 0.15) is 18.2 Å². The summed E-state index contributed by atoms with van der Waals surface area (Å²) in [6.07, 6.45) is 0.969. The molecule has 0 radical (unpaired) electrons. The topological polar surface area (TPSA) is 87.7 Å².